The molecule has 1 aromatic carbocycles. The second-order valence-electron chi connectivity index (χ2n) is 4.44. The molecule has 0 aliphatic heterocycles. The molecule has 0 fully saturated rings. The smallest absolute Gasteiger partial charge is 0.237 e. The van der Waals surface area contributed by atoms with E-state index in [0.29, 0.717) is 6.54 Å². The van der Waals surface area contributed by atoms with Gasteiger partial charge in [-0.1, -0.05) is 50.6 Å². The Morgan fingerprint density at radius 1 is 1.35 bits per heavy atom. The third kappa shape index (κ3) is 4.57. The molecule has 0 saturated carbocycles. The van der Waals surface area contributed by atoms with Gasteiger partial charge in [-0.3, -0.25) is 4.79 Å². The maximum absolute atomic E-state index is 11.7. The van der Waals surface area contributed by atoms with E-state index in [-0.39, 0.29) is 11.8 Å². The van der Waals surface area contributed by atoms with Gasteiger partial charge in [-0.2, -0.15) is 0 Å². The summed E-state index contributed by atoms with van der Waals surface area (Å²) < 4.78 is 0. The van der Waals surface area contributed by atoms with Crippen LogP contribution in [0.1, 0.15) is 25.8 Å². The van der Waals surface area contributed by atoms with E-state index in [1.165, 1.54) is 5.56 Å². The van der Waals surface area contributed by atoms with E-state index in [9.17, 15) is 4.79 Å². The van der Waals surface area contributed by atoms with Crippen LogP contribution in [0.3, 0.4) is 0 Å². The predicted octanol–water partition coefficient (Wildman–Crippen LogP) is 1.72. The summed E-state index contributed by atoms with van der Waals surface area (Å²) in [6.07, 6.45) is 1.77. The van der Waals surface area contributed by atoms with Crippen LogP contribution in [-0.4, -0.2) is 18.5 Å². The average molecular weight is 234 g/mol. The number of nitrogens with one attached hydrogen (secondary N) is 1. The van der Waals surface area contributed by atoms with Crippen molar-refractivity contribution in [3.63, 3.8) is 0 Å². The number of hydrogen-bond donors (Lipinski definition) is 2. The summed E-state index contributed by atoms with van der Waals surface area (Å²) in [6.45, 7) is 4.69. The minimum absolute atomic E-state index is 0.0460. The van der Waals surface area contributed by atoms with Gasteiger partial charge in [-0.25, -0.2) is 0 Å². The zero-order valence-corrected chi connectivity index (χ0v) is 10.6. The maximum atomic E-state index is 11.7. The second-order valence-corrected chi connectivity index (χ2v) is 4.44. The zero-order valence-electron chi connectivity index (χ0n) is 10.6. The Bertz CT molecular complexity index is 337. The summed E-state index contributed by atoms with van der Waals surface area (Å²) >= 11 is 0. The SMILES string of the molecule is CC[C@H](C)[C@H](N)C(=O)NCCc1ccccc1. The molecule has 0 saturated heterocycles. The van der Waals surface area contributed by atoms with Gasteiger partial charge in [0, 0.05) is 6.54 Å². The van der Waals surface area contributed by atoms with Gasteiger partial charge < -0.3 is 11.1 Å². The van der Waals surface area contributed by atoms with Crippen LogP contribution in [0.4, 0.5) is 0 Å². The molecule has 0 heterocycles. The molecule has 3 nitrogen and oxygen atoms in total. The van der Waals surface area contributed by atoms with Crippen molar-refractivity contribution in [2.45, 2.75) is 32.7 Å². The molecule has 3 heteroatoms. The number of amides is 1. The van der Waals surface area contributed by atoms with Gasteiger partial charge in [0.05, 0.1) is 6.04 Å². The Morgan fingerprint density at radius 3 is 2.59 bits per heavy atom. The summed E-state index contributed by atoms with van der Waals surface area (Å²) in [6, 6.07) is 9.71. The van der Waals surface area contributed by atoms with Crippen LogP contribution < -0.4 is 11.1 Å². The number of benzene rings is 1. The Balaban J connectivity index is 2.29. The van der Waals surface area contributed by atoms with Crippen LogP contribution in [0, 0.1) is 5.92 Å². The minimum Gasteiger partial charge on any atom is -0.354 e. The van der Waals surface area contributed by atoms with Gasteiger partial charge in [0.1, 0.15) is 0 Å². The molecular formula is C14H22N2O. The van der Waals surface area contributed by atoms with Crippen molar-refractivity contribution in [3.8, 4) is 0 Å². The van der Waals surface area contributed by atoms with Crippen molar-refractivity contribution in [3.05, 3.63) is 35.9 Å². The fourth-order valence-electron chi connectivity index (χ4n) is 1.60. The lowest BCUT2D eigenvalue weighted by atomic mass is 9.99. The van der Waals surface area contributed by atoms with Gasteiger partial charge in [0.2, 0.25) is 5.91 Å². The van der Waals surface area contributed by atoms with Crippen LogP contribution >= 0.6 is 0 Å². The number of hydrogen-bond acceptors (Lipinski definition) is 2. The van der Waals surface area contributed by atoms with Gasteiger partial charge in [-0.15, -0.1) is 0 Å². The predicted molar refractivity (Wildman–Crippen MR) is 70.6 cm³/mol. The highest BCUT2D eigenvalue weighted by molar-refractivity contribution is 5.81. The van der Waals surface area contributed by atoms with Crippen LogP contribution in [-0.2, 0) is 11.2 Å². The van der Waals surface area contributed by atoms with Crippen molar-refractivity contribution in [2.75, 3.05) is 6.54 Å². The van der Waals surface area contributed by atoms with Crippen LogP contribution in [0.2, 0.25) is 0 Å². The van der Waals surface area contributed by atoms with E-state index in [1.807, 2.05) is 32.0 Å². The highest BCUT2D eigenvalue weighted by atomic mass is 16.2. The van der Waals surface area contributed by atoms with E-state index in [4.69, 9.17) is 5.73 Å². The summed E-state index contributed by atoms with van der Waals surface area (Å²) in [4.78, 5) is 11.7. The molecule has 0 spiro atoms. The molecular weight excluding hydrogens is 212 g/mol. The van der Waals surface area contributed by atoms with Gasteiger partial charge in [0.25, 0.3) is 0 Å². The largest absolute Gasteiger partial charge is 0.354 e. The average Bonchev–Trinajstić information content (AvgIpc) is 2.38. The first kappa shape index (κ1) is 13.7. The fourth-order valence-corrected chi connectivity index (χ4v) is 1.60. The number of nitrogens with two attached hydrogens (primary N) is 1. The van der Waals surface area contributed by atoms with Crippen molar-refractivity contribution < 1.29 is 4.79 Å². The van der Waals surface area contributed by atoms with Crippen molar-refractivity contribution in [1.82, 2.24) is 5.32 Å². The van der Waals surface area contributed by atoms with Crippen molar-refractivity contribution in [2.24, 2.45) is 11.7 Å². The Hall–Kier alpha value is -1.35. The molecule has 1 amide bonds. The first-order chi connectivity index (χ1) is 8.15. The number of carbonyl (C=O) groups excluding carboxylic acids is 1. The lowest BCUT2D eigenvalue weighted by Gasteiger charge is -2.17. The third-order valence-corrected chi connectivity index (χ3v) is 3.12. The minimum atomic E-state index is -0.393. The van der Waals surface area contributed by atoms with Gasteiger partial charge in [-0.05, 0) is 17.9 Å². The zero-order chi connectivity index (χ0) is 12.7. The van der Waals surface area contributed by atoms with E-state index in [2.05, 4.69) is 17.4 Å². The summed E-state index contributed by atoms with van der Waals surface area (Å²) in [7, 11) is 0. The molecule has 17 heavy (non-hydrogen) atoms. The maximum Gasteiger partial charge on any atom is 0.237 e. The number of carbonyl (C=O) groups is 1. The molecule has 94 valence electrons. The van der Waals surface area contributed by atoms with E-state index in [0.717, 1.165) is 12.8 Å². The highest BCUT2D eigenvalue weighted by Gasteiger charge is 2.18. The molecule has 1 aromatic rings. The molecule has 2 atom stereocenters. The molecule has 0 radical (unpaired) electrons. The molecule has 1 rings (SSSR count). The van der Waals surface area contributed by atoms with Crippen molar-refractivity contribution >= 4 is 5.91 Å². The van der Waals surface area contributed by atoms with Gasteiger partial charge >= 0.3 is 0 Å². The first-order valence-corrected chi connectivity index (χ1v) is 6.22. The van der Waals surface area contributed by atoms with Crippen molar-refractivity contribution in [1.29, 1.82) is 0 Å². The normalized spacial score (nSPS) is 14.1. The summed E-state index contributed by atoms with van der Waals surface area (Å²) in [5.41, 5.74) is 7.07. The van der Waals surface area contributed by atoms with E-state index in [1.54, 1.807) is 0 Å². The standard InChI is InChI=1S/C14H22N2O/c1-3-11(2)13(15)14(17)16-10-9-12-7-5-4-6-8-12/h4-8,11,13H,3,9-10,15H2,1-2H3,(H,16,17)/t11-,13-/m0/s1. The summed E-state index contributed by atoms with van der Waals surface area (Å²) in [5.74, 6) is 0.182. The fraction of sp³-hybridized carbons (Fsp3) is 0.500. The van der Waals surface area contributed by atoms with Crippen LogP contribution in [0.5, 0.6) is 0 Å². The second kappa shape index (κ2) is 7.07. The number of rotatable bonds is 6. The Kier molecular flexibility index (Phi) is 5.70. The Labute approximate surface area is 103 Å². The molecule has 0 aromatic heterocycles. The molecule has 0 unspecified atom stereocenters. The lowest BCUT2D eigenvalue weighted by Crippen LogP contribution is -2.45. The van der Waals surface area contributed by atoms with Crippen LogP contribution in [0.25, 0.3) is 0 Å². The third-order valence-electron chi connectivity index (χ3n) is 3.12. The van der Waals surface area contributed by atoms with Crippen LogP contribution in [0.15, 0.2) is 30.3 Å². The summed E-state index contributed by atoms with van der Waals surface area (Å²) in [5, 5.41) is 2.88. The highest BCUT2D eigenvalue weighted by Crippen LogP contribution is 2.05. The Morgan fingerprint density at radius 2 is 2.00 bits per heavy atom. The lowest BCUT2D eigenvalue weighted by molar-refractivity contribution is -0.123. The van der Waals surface area contributed by atoms with E-state index >= 15 is 0 Å². The molecule has 0 aliphatic carbocycles. The monoisotopic (exact) mass is 234 g/mol. The molecule has 0 aliphatic rings. The topological polar surface area (TPSA) is 55.1 Å². The first-order valence-electron chi connectivity index (χ1n) is 6.22. The van der Waals surface area contributed by atoms with Gasteiger partial charge in [0.15, 0.2) is 0 Å². The quantitative estimate of drug-likeness (QED) is 0.787. The molecule has 0 bridgehead atoms. The van der Waals surface area contributed by atoms with E-state index < -0.39 is 6.04 Å². The molecule has 3 N–H and O–H groups in total.